The summed E-state index contributed by atoms with van der Waals surface area (Å²) in [5.74, 6) is 1.51. The Kier molecular flexibility index (Phi) is 5.70. The molecule has 0 radical (unpaired) electrons. The van der Waals surface area contributed by atoms with Crippen molar-refractivity contribution in [3.8, 4) is 0 Å². The van der Waals surface area contributed by atoms with Crippen LogP contribution in [0.3, 0.4) is 0 Å². The van der Waals surface area contributed by atoms with Gasteiger partial charge in [-0.05, 0) is 18.4 Å². The number of nitrogens with two attached hydrogens (primary N) is 1. The molecular formula is C9H21N. The molecular weight excluding hydrogens is 122 g/mol. The Morgan fingerprint density at radius 1 is 1.20 bits per heavy atom. The molecule has 0 aromatic heterocycles. The fourth-order valence-corrected chi connectivity index (χ4v) is 1.04. The molecule has 0 aliphatic heterocycles. The Morgan fingerprint density at radius 3 is 2.20 bits per heavy atom. The van der Waals surface area contributed by atoms with E-state index in [9.17, 15) is 0 Å². The third kappa shape index (κ3) is 3.89. The van der Waals surface area contributed by atoms with Crippen LogP contribution in [0.5, 0.6) is 0 Å². The first kappa shape index (κ1) is 9.96. The molecule has 0 aliphatic rings. The molecule has 0 amide bonds. The van der Waals surface area contributed by atoms with Gasteiger partial charge < -0.3 is 5.73 Å². The van der Waals surface area contributed by atoms with Gasteiger partial charge in [0.25, 0.3) is 0 Å². The molecule has 62 valence electrons. The quantitative estimate of drug-likeness (QED) is 0.628. The summed E-state index contributed by atoms with van der Waals surface area (Å²) in [6.45, 7) is 7.61. The molecule has 0 rings (SSSR count). The highest BCUT2D eigenvalue weighted by Gasteiger charge is 2.08. The van der Waals surface area contributed by atoms with Crippen molar-refractivity contribution in [3.63, 3.8) is 0 Å². The smallest absolute Gasteiger partial charge is 0.00490 e. The van der Waals surface area contributed by atoms with Crippen LogP contribution >= 0.6 is 0 Å². The van der Waals surface area contributed by atoms with Crippen molar-refractivity contribution < 1.29 is 0 Å². The van der Waals surface area contributed by atoms with Crippen LogP contribution in [0.25, 0.3) is 0 Å². The normalized spacial score (nSPS) is 16.8. The van der Waals surface area contributed by atoms with Gasteiger partial charge in [-0.2, -0.15) is 0 Å². The first-order valence-corrected chi connectivity index (χ1v) is 4.42. The molecule has 0 aliphatic carbocycles. The summed E-state index contributed by atoms with van der Waals surface area (Å²) in [4.78, 5) is 0. The van der Waals surface area contributed by atoms with Crippen molar-refractivity contribution in [2.45, 2.75) is 40.0 Å². The monoisotopic (exact) mass is 143 g/mol. The predicted molar refractivity (Wildman–Crippen MR) is 46.9 cm³/mol. The minimum Gasteiger partial charge on any atom is -0.330 e. The second-order valence-electron chi connectivity index (χ2n) is 3.33. The van der Waals surface area contributed by atoms with Gasteiger partial charge in [-0.1, -0.05) is 40.0 Å². The molecule has 0 aromatic rings. The largest absolute Gasteiger partial charge is 0.330 e. The fourth-order valence-electron chi connectivity index (χ4n) is 1.04. The van der Waals surface area contributed by atoms with E-state index < -0.39 is 0 Å². The summed E-state index contributed by atoms with van der Waals surface area (Å²) in [6.07, 6.45) is 4.00. The standard InChI is InChI=1S/C9H21N/c1-4-5-6-8(2)9(3)7-10/h8-9H,4-7,10H2,1-3H3/t8?,9-/m0/s1. The second-order valence-corrected chi connectivity index (χ2v) is 3.33. The molecule has 0 saturated heterocycles. The zero-order chi connectivity index (χ0) is 7.98. The van der Waals surface area contributed by atoms with Gasteiger partial charge in [0.15, 0.2) is 0 Å². The van der Waals surface area contributed by atoms with Gasteiger partial charge >= 0.3 is 0 Å². The van der Waals surface area contributed by atoms with Gasteiger partial charge in [0.1, 0.15) is 0 Å². The van der Waals surface area contributed by atoms with E-state index in [0.717, 1.165) is 12.5 Å². The molecule has 1 heteroatoms. The highest BCUT2D eigenvalue weighted by molar-refractivity contribution is 4.61. The van der Waals surface area contributed by atoms with E-state index in [1.165, 1.54) is 19.3 Å². The van der Waals surface area contributed by atoms with Crippen LogP contribution in [-0.4, -0.2) is 6.54 Å². The minimum absolute atomic E-state index is 0.701. The third-order valence-corrected chi connectivity index (χ3v) is 2.36. The maximum atomic E-state index is 5.54. The Morgan fingerprint density at radius 2 is 1.80 bits per heavy atom. The highest BCUT2D eigenvalue weighted by Crippen LogP contribution is 2.16. The van der Waals surface area contributed by atoms with Crippen LogP contribution in [0, 0.1) is 11.8 Å². The lowest BCUT2D eigenvalue weighted by molar-refractivity contribution is 0.362. The lowest BCUT2D eigenvalue weighted by Gasteiger charge is -2.16. The Balaban J connectivity index is 3.31. The third-order valence-electron chi connectivity index (χ3n) is 2.36. The lowest BCUT2D eigenvalue weighted by Crippen LogP contribution is -2.18. The van der Waals surface area contributed by atoms with Gasteiger partial charge in [0.05, 0.1) is 0 Å². The highest BCUT2D eigenvalue weighted by atomic mass is 14.5. The molecule has 10 heavy (non-hydrogen) atoms. The molecule has 0 heterocycles. The Labute approximate surface area is 65.0 Å². The van der Waals surface area contributed by atoms with E-state index in [0.29, 0.717) is 5.92 Å². The molecule has 0 aromatic carbocycles. The van der Waals surface area contributed by atoms with Crippen molar-refractivity contribution in [2.75, 3.05) is 6.54 Å². The van der Waals surface area contributed by atoms with Gasteiger partial charge in [0.2, 0.25) is 0 Å². The van der Waals surface area contributed by atoms with E-state index in [1.54, 1.807) is 0 Å². The lowest BCUT2D eigenvalue weighted by atomic mass is 9.91. The van der Waals surface area contributed by atoms with Crippen LogP contribution < -0.4 is 5.73 Å². The SMILES string of the molecule is CCCCC(C)[C@@H](C)CN. The Hall–Kier alpha value is -0.0400. The van der Waals surface area contributed by atoms with Gasteiger partial charge in [-0.3, -0.25) is 0 Å². The second kappa shape index (κ2) is 5.72. The average Bonchev–Trinajstić information content (AvgIpc) is 1.98. The van der Waals surface area contributed by atoms with Crippen molar-refractivity contribution in [1.82, 2.24) is 0 Å². The first-order chi connectivity index (χ1) is 4.72. The molecule has 0 spiro atoms. The summed E-state index contributed by atoms with van der Waals surface area (Å²) >= 11 is 0. The minimum atomic E-state index is 0.701. The van der Waals surface area contributed by atoms with Gasteiger partial charge in [0, 0.05) is 0 Å². The van der Waals surface area contributed by atoms with Crippen LogP contribution in [0.1, 0.15) is 40.0 Å². The summed E-state index contributed by atoms with van der Waals surface area (Å²) in [5.41, 5.74) is 5.54. The number of hydrogen-bond donors (Lipinski definition) is 1. The molecule has 2 N–H and O–H groups in total. The van der Waals surface area contributed by atoms with Gasteiger partial charge in [-0.15, -0.1) is 0 Å². The van der Waals surface area contributed by atoms with Crippen LogP contribution in [0.15, 0.2) is 0 Å². The van der Waals surface area contributed by atoms with Crippen molar-refractivity contribution in [1.29, 1.82) is 0 Å². The van der Waals surface area contributed by atoms with E-state index in [1.807, 2.05) is 0 Å². The van der Waals surface area contributed by atoms with E-state index in [-0.39, 0.29) is 0 Å². The summed E-state index contributed by atoms with van der Waals surface area (Å²) in [5, 5.41) is 0. The van der Waals surface area contributed by atoms with E-state index in [4.69, 9.17) is 5.73 Å². The van der Waals surface area contributed by atoms with Crippen LogP contribution in [0.4, 0.5) is 0 Å². The number of hydrogen-bond acceptors (Lipinski definition) is 1. The first-order valence-electron chi connectivity index (χ1n) is 4.42. The Bertz CT molecular complexity index is 71.1. The number of rotatable bonds is 5. The number of unbranched alkanes of at least 4 members (excludes halogenated alkanes) is 1. The molecule has 1 unspecified atom stereocenters. The van der Waals surface area contributed by atoms with E-state index in [2.05, 4.69) is 20.8 Å². The predicted octanol–water partition coefficient (Wildman–Crippen LogP) is 2.41. The van der Waals surface area contributed by atoms with Crippen LogP contribution in [-0.2, 0) is 0 Å². The van der Waals surface area contributed by atoms with Crippen molar-refractivity contribution in [2.24, 2.45) is 17.6 Å². The molecule has 2 atom stereocenters. The maximum absolute atomic E-state index is 5.54. The van der Waals surface area contributed by atoms with E-state index >= 15 is 0 Å². The molecule has 1 nitrogen and oxygen atoms in total. The fraction of sp³-hybridized carbons (Fsp3) is 1.00. The molecule has 0 bridgehead atoms. The van der Waals surface area contributed by atoms with Crippen LogP contribution in [0.2, 0.25) is 0 Å². The molecule has 0 fully saturated rings. The van der Waals surface area contributed by atoms with Gasteiger partial charge in [-0.25, -0.2) is 0 Å². The topological polar surface area (TPSA) is 26.0 Å². The summed E-state index contributed by atoms with van der Waals surface area (Å²) in [7, 11) is 0. The maximum Gasteiger partial charge on any atom is -0.00490 e. The molecule has 0 saturated carbocycles. The summed E-state index contributed by atoms with van der Waals surface area (Å²) < 4.78 is 0. The van der Waals surface area contributed by atoms with Crippen molar-refractivity contribution in [3.05, 3.63) is 0 Å². The average molecular weight is 143 g/mol. The van der Waals surface area contributed by atoms with Crippen molar-refractivity contribution >= 4 is 0 Å². The zero-order valence-corrected chi connectivity index (χ0v) is 7.56. The zero-order valence-electron chi connectivity index (χ0n) is 7.56. The summed E-state index contributed by atoms with van der Waals surface area (Å²) in [6, 6.07) is 0.